The molecule has 1 atom stereocenters. The van der Waals surface area contributed by atoms with Gasteiger partial charge in [-0.25, -0.2) is 0 Å². The van der Waals surface area contributed by atoms with Gasteiger partial charge in [-0.2, -0.15) is 0 Å². The molecule has 0 bridgehead atoms. The molecule has 2 aromatic carbocycles. The number of carbonyl (C=O) groups excluding carboxylic acids is 1. The van der Waals surface area contributed by atoms with Crippen molar-refractivity contribution in [3.8, 4) is 5.75 Å². The van der Waals surface area contributed by atoms with E-state index in [2.05, 4.69) is 64.5 Å². The van der Waals surface area contributed by atoms with Gasteiger partial charge in [-0.05, 0) is 80.1 Å². The summed E-state index contributed by atoms with van der Waals surface area (Å²) in [5, 5.41) is 0. The van der Waals surface area contributed by atoms with Crippen LogP contribution < -0.4 is 4.74 Å². The van der Waals surface area contributed by atoms with Crippen LogP contribution >= 0.6 is 0 Å². The zero-order valence-electron chi connectivity index (χ0n) is 20.4. The van der Waals surface area contributed by atoms with Crippen LogP contribution in [0, 0.1) is 5.92 Å². The molecule has 0 spiro atoms. The molecule has 35 heavy (non-hydrogen) atoms. The van der Waals surface area contributed by atoms with Crippen molar-refractivity contribution in [3.05, 3.63) is 95.8 Å². The first-order chi connectivity index (χ1) is 17.2. The summed E-state index contributed by atoms with van der Waals surface area (Å²) >= 11 is 0. The molecule has 2 fully saturated rings. The topological polar surface area (TPSA) is 45.7 Å². The summed E-state index contributed by atoms with van der Waals surface area (Å²) in [5.41, 5.74) is 3.34. The summed E-state index contributed by atoms with van der Waals surface area (Å²) < 4.78 is 6.12. The maximum absolute atomic E-state index is 12.7. The van der Waals surface area contributed by atoms with Crippen LogP contribution in [-0.4, -0.2) is 53.5 Å². The van der Waals surface area contributed by atoms with E-state index in [4.69, 9.17) is 4.74 Å². The quantitative estimate of drug-likeness (QED) is 0.465. The Kier molecular flexibility index (Phi) is 7.74. The van der Waals surface area contributed by atoms with Crippen LogP contribution in [0.3, 0.4) is 0 Å². The van der Waals surface area contributed by atoms with E-state index in [0.29, 0.717) is 24.1 Å². The van der Waals surface area contributed by atoms with Gasteiger partial charge in [0, 0.05) is 31.7 Å². The summed E-state index contributed by atoms with van der Waals surface area (Å²) in [6, 6.07) is 25.0. The zero-order valence-corrected chi connectivity index (χ0v) is 20.4. The lowest BCUT2D eigenvalue weighted by Gasteiger charge is -2.32. The van der Waals surface area contributed by atoms with Crippen molar-refractivity contribution in [2.45, 2.75) is 38.1 Å². The fraction of sp³-hybridized carbons (Fsp3) is 0.400. The monoisotopic (exact) mass is 469 g/mol. The first-order valence-corrected chi connectivity index (χ1v) is 12.9. The number of carbonyl (C=O) groups is 1. The highest BCUT2D eigenvalue weighted by atomic mass is 16.5. The lowest BCUT2D eigenvalue weighted by molar-refractivity contribution is 0.0627. The highest BCUT2D eigenvalue weighted by molar-refractivity contribution is 5.92. The van der Waals surface area contributed by atoms with E-state index in [1.165, 1.54) is 24.0 Å². The third kappa shape index (κ3) is 6.29. The minimum Gasteiger partial charge on any atom is -0.493 e. The first kappa shape index (κ1) is 23.6. The van der Waals surface area contributed by atoms with E-state index in [9.17, 15) is 4.79 Å². The van der Waals surface area contributed by atoms with Crippen LogP contribution in [0.15, 0.2) is 79.0 Å². The number of ether oxygens (including phenoxy) is 1. The number of pyridine rings is 1. The van der Waals surface area contributed by atoms with Crippen molar-refractivity contribution in [2.75, 3.05) is 32.8 Å². The molecule has 1 aromatic heterocycles. The van der Waals surface area contributed by atoms with E-state index in [-0.39, 0.29) is 5.91 Å². The van der Waals surface area contributed by atoms with Crippen molar-refractivity contribution in [1.29, 1.82) is 0 Å². The first-order valence-electron chi connectivity index (χ1n) is 12.9. The number of piperidine rings is 2. The molecule has 1 amide bonds. The van der Waals surface area contributed by atoms with E-state index in [1.54, 1.807) is 12.3 Å². The van der Waals surface area contributed by atoms with Crippen molar-refractivity contribution in [1.82, 2.24) is 14.8 Å². The zero-order chi connectivity index (χ0) is 23.9. The number of amides is 1. The lowest BCUT2D eigenvalue weighted by Crippen LogP contribution is -2.41. The number of likely N-dealkylation sites (tertiary alicyclic amines) is 2. The van der Waals surface area contributed by atoms with Gasteiger partial charge in [0.2, 0.25) is 0 Å². The molecular formula is C30H35N3O2. The van der Waals surface area contributed by atoms with Crippen LogP contribution in [0.5, 0.6) is 5.75 Å². The van der Waals surface area contributed by atoms with Gasteiger partial charge >= 0.3 is 0 Å². The summed E-state index contributed by atoms with van der Waals surface area (Å²) in [6.07, 6.45) is 6.22. The van der Waals surface area contributed by atoms with Crippen LogP contribution in [0.25, 0.3) is 0 Å². The second kappa shape index (κ2) is 11.5. The molecule has 2 saturated heterocycles. The molecule has 2 aliphatic rings. The molecule has 3 heterocycles. The largest absolute Gasteiger partial charge is 0.493 e. The highest BCUT2D eigenvalue weighted by Crippen LogP contribution is 2.28. The smallest absolute Gasteiger partial charge is 0.272 e. The molecule has 0 radical (unpaired) electrons. The minimum absolute atomic E-state index is 0.0208. The molecule has 182 valence electrons. The Morgan fingerprint density at radius 3 is 2.40 bits per heavy atom. The summed E-state index contributed by atoms with van der Waals surface area (Å²) in [4.78, 5) is 21.4. The number of hydrogen-bond donors (Lipinski definition) is 0. The average Bonchev–Trinajstić information content (AvgIpc) is 2.94. The van der Waals surface area contributed by atoms with Crippen molar-refractivity contribution in [2.24, 2.45) is 5.92 Å². The maximum Gasteiger partial charge on any atom is 0.272 e. The molecule has 3 aromatic rings. The van der Waals surface area contributed by atoms with Crippen LogP contribution in [0.4, 0.5) is 0 Å². The molecule has 0 unspecified atom stereocenters. The predicted octanol–water partition coefficient (Wildman–Crippen LogP) is 5.39. The number of rotatable bonds is 7. The summed E-state index contributed by atoms with van der Waals surface area (Å²) in [5.74, 6) is 1.97. The van der Waals surface area contributed by atoms with Crippen LogP contribution in [0.2, 0.25) is 0 Å². The van der Waals surface area contributed by atoms with E-state index >= 15 is 0 Å². The van der Waals surface area contributed by atoms with Gasteiger partial charge in [-0.15, -0.1) is 0 Å². The average molecular weight is 470 g/mol. The van der Waals surface area contributed by atoms with E-state index in [1.807, 2.05) is 17.0 Å². The van der Waals surface area contributed by atoms with Gasteiger partial charge in [0.25, 0.3) is 5.91 Å². The Morgan fingerprint density at radius 2 is 1.66 bits per heavy atom. The molecule has 0 saturated carbocycles. The third-order valence-electron chi connectivity index (χ3n) is 7.36. The van der Waals surface area contributed by atoms with Gasteiger partial charge < -0.3 is 9.64 Å². The van der Waals surface area contributed by atoms with E-state index < -0.39 is 0 Å². The molecule has 0 aliphatic carbocycles. The number of nitrogens with zero attached hydrogens (tertiary/aromatic N) is 3. The molecule has 2 aliphatic heterocycles. The standard InChI is InChI=1S/C30H35N3O2/c34-30(29-10-4-5-17-31-29)33-18-6-7-25(22-33)23-35-28-13-11-24(12-14-28)21-32-19-15-27(16-20-32)26-8-2-1-3-9-26/h1-5,8-14,17,25,27H,6-7,15-16,18-23H2/t25-/m0/s1. The summed E-state index contributed by atoms with van der Waals surface area (Å²) in [7, 11) is 0. The highest BCUT2D eigenvalue weighted by Gasteiger charge is 2.25. The van der Waals surface area contributed by atoms with Gasteiger partial charge in [0.05, 0.1) is 6.61 Å². The third-order valence-corrected chi connectivity index (χ3v) is 7.36. The van der Waals surface area contributed by atoms with Gasteiger partial charge in [0.15, 0.2) is 0 Å². The minimum atomic E-state index is 0.0208. The van der Waals surface area contributed by atoms with Crippen LogP contribution in [0.1, 0.15) is 53.2 Å². The van der Waals surface area contributed by atoms with Crippen LogP contribution in [-0.2, 0) is 6.54 Å². The lowest BCUT2D eigenvalue weighted by atomic mass is 9.89. The Hall–Kier alpha value is -3.18. The Morgan fingerprint density at radius 1 is 0.886 bits per heavy atom. The Labute approximate surface area is 208 Å². The molecule has 5 nitrogen and oxygen atoms in total. The number of hydrogen-bond acceptors (Lipinski definition) is 4. The van der Waals surface area contributed by atoms with E-state index in [0.717, 1.165) is 51.3 Å². The van der Waals surface area contributed by atoms with Gasteiger partial charge in [-0.3, -0.25) is 14.7 Å². The molecular weight excluding hydrogens is 434 g/mol. The number of aromatic nitrogens is 1. The molecule has 5 heteroatoms. The van der Waals surface area contributed by atoms with Crippen molar-refractivity contribution in [3.63, 3.8) is 0 Å². The molecule has 0 N–H and O–H groups in total. The Balaban J connectivity index is 1.06. The Bertz CT molecular complexity index is 1060. The van der Waals surface area contributed by atoms with Gasteiger partial charge in [0.1, 0.15) is 11.4 Å². The molecule has 5 rings (SSSR count). The fourth-order valence-electron chi connectivity index (χ4n) is 5.35. The van der Waals surface area contributed by atoms with Gasteiger partial charge in [-0.1, -0.05) is 48.5 Å². The second-order valence-corrected chi connectivity index (χ2v) is 9.89. The normalized spacial score (nSPS) is 19.4. The fourth-order valence-corrected chi connectivity index (χ4v) is 5.35. The predicted molar refractivity (Wildman–Crippen MR) is 138 cm³/mol. The maximum atomic E-state index is 12.7. The SMILES string of the molecule is O=C(c1ccccn1)N1CCC[C@H](COc2ccc(CN3CCC(c4ccccc4)CC3)cc2)C1. The second-order valence-electron chi connectivity index (χ2n) is 9.89. The van der Waals surface area contributed by atoms with Crippen molar-refractivity contribution < 1.29 is 9.53 Å². The summed E-state index contributed by atoms with van der Waals surface area (Å²) in [6.45, 7) is 5.45. The van der Waals surface area contributed by atoms with Crippen molar-refractivity contribution >= 4 is 5.91 Å². The number of benzene rings is 2.